The monoisotopic (exact) mass is 312 g/mol. The minimum Gasteiger partial charge on any atom is -0.397 e. The lowest BCUT2D eigenvalue weighted by molar-refractivity contribution is -0.128. The number of carbonyl (C=O) groups excluding carboxylic acids is 1. The van der Waals surface area contributed by atoms with Gasteiger partial charge in [-0.3, -0.25) is 4.79 Å². The van der Waals surface area contributed by atoms with Gasteiger partial charge in [-0.1, -0.05) is 0 Å². The van der Waals surface area contributed by atoms with E-state index in [9.17, 15) is 4.79 Å². The van der Waals surface area contributed by atoms with Crippen molar-refractivity contribution in [2.45, 2.75) is 13.3 Å². The van der Waals surface area contributed by atoms with Crippen LogP contribution in [0.2, 0.25) is 0 Å². The Morgan fingerprint density at radius 1 is 1.39 bits per heavy atom. The van der Waals surface area contributed by atoms with Crippen LogP contribution in [0.5, 0.6) is 0 Å². The van der Waals surface area contributed by atoms with Crippen molar-refractivity contribution in [3.63, 3.8) is 0 Å². The van der Waals surface area contributed by atoms with E-state index in [0.717, 1.165) is 42.9 Å². The summed E-state index contributed by atoms with van der Waals surface area (Å²) in [6.07, 6.45) is 2.62. The second-order valence-electron chi connectivity index (χ2n) is 4.42. The summed E-state index contributed by atoms with van der Waals surface area (Å²) in [5, 5.41) is 0. The second kappa shape index (κ2) is 5.56. The zero-order chi connectivity index (χ0) is 13.1. The van der Waals surface area contributed by atoms with E-state index in [2.05, 4.69) is 25.8 Å². The smallest absolute Gasteiger partial charge is 0.219 e. The summed E-state index contributed by atoms with van der Waals surface area (Å²) in [6.45, 7) is 4.88. The predicted octanol–water partition coefficient (Wildman–Crippen LogP) is 1.48. The third-order valence-corrected chi connectivity index (χ3v) is 3.67. The summed E-state index contributed by atoms with van der Waals surface area (Å²) < 4.78 is 0.902. The molecule has 0 saturated carbocycles. The molecule has 1 fully saturated rings. The molecular weight excluding hydrogens is 296 g/mol. The molecule has 0 aromatic carbocycles. The molecule has 0 bridgehead atoms. The van der Waals surface area contributed by atoms with Crippen LogP contribution < -0.4 is 10.6 Å². The molecule has 5 nitrogen and oxygen atoms in total. The maximum Gasteiger partial charge on any atom is 0.219 e. The molecule has 1 amide bonds. The van der Waals surface area contributed by atoms with Gasteiger partial charge in [-0.2, -0.15) is 0 Å². The molecule has 0 unspecified atom stereocenters. The highest BCUT2D eigenvalue weighted by atomic mass is 79.9. The van der Waals surface area contributed by atoms with E-state index in [1.807, 2.05) is 11.0 Å². The molecular formula is C12H17BrN4O. The molecule has 2 heterocycles. The molecule has 2 rings (SSSR count). The number of aromatic nitrogens is 1. The van der Waals surface area contributed by atoms with Crippen molar-refractivity contribution in [1.29, 1.82) is 0 Å². The Labute approximate surface area is 115 Å². The van der Waals surface area contributed by atoms with E-state index in [0.29, 0.717) is 5.69 Å². The Balaban J connectivity index is 2.12. The van der Waals surface area contributed by atoms with Crippen LogP contribution in [0.15, 0.2) is 16.7 Å². The van der Waals surface area contributed by atoms with E-state index >= 15 is 0 Å². The lowest BCUT2D eigenvalue weighted by Crippen LogP contribution is -2.34. The molecule has 1 aromatic heterocycles. The number of hydrogen-bond acceptors (Lipinski definition) is 4. The summed E-state index contributed by atoms with van der Waals surface area (Å²) in [6, 6.07) is 1.86. The number of hydrogen-bond donors (Lipinski definition) is 1. The van der Waals surface area contributed by atoms with Crippen LogP contribution in [-0.2, 0) is 4.79 Å². The van der Waals surface area contributed by atoms with Crippen LogP contribution in [0.1, 0.15) is 13.3 Å². The Bertz CT molecular complexity index is 452. The van der Waals surface area contributed by atoms with Crippen LogP contribution in [0.3, 0.4) is 0 Å². The van der Waals surface area contributed by atoms with Gasteiger partial charge in [0.15, 0.2) is 0 Å². The Kier molecular flexibility index (Phi) is 4.06. The number of nitrogen functional groups attached to an aromatic ring is 1. The van der Waals surface area contributed by atoms with E-state index in [4.69, 9.17) is 5.73 Å². The maximum absolute atomic E-state index is 11.4. The van der Waals surface area contributed by atoms with Gasteiger partial charge in [0.1, 0.15) is 5.82 Å². The van der Waals surface area contributed by atoms with Crippen molar-refractivity contribution in [3.05, 3.63) is 16.7 Å². The zero-order valence-corrected chi connectivity index (χ0v) is 12.0. The van der Waals surface area contributed by atoms with Crippen molar-refractivity contribution in [1.82, 2.24) is 9.88 Å². The lowest BCUT2D eigenvalue weighted by Gasteiger charge is -2.23. The molecule has 18 heavy (non-hydrogen) atoms. The van der Waals surface area contributed by atoms with Crippen LogP contribution in [0.25, 0.3) is 0 Å². The van der Waals surface area contributed by atoms with Gasteiger partial charge in [-0.25, -0.2) is 4.98 Å². The first kappa shape index (κ1) is 13.1. The fourth-order valence-corrected chi connectivity index (χ4v) is 2.74. The second-order valence-corrected chi connectivity index (χ2v) is 5.28. The standard InChI is InChI=1S/C12H17BrN4O/c1-9(18)16-3-2-4-17(6-5-16)12-11(13)7-10(14)8-15-12/h7-8H,2-6,14H2,1H3. The topological polar surface area (TPSA) is 62.5 Å². The number of nitrogens with two attached hydrogens (primary N) is 1. The minimum absolute atomic E-state index is 0.140. The summed E-state index contributed by atoms with van der Waals surface area (Å²) in [5.41, 5.74) is 6.33. The maximum atomic E-state index is 11.4. The zero-order valence-electron chi connectivity index (χ0n) is 10.4. The molecule has 0 atom stereocenters. The fraction of sp³-hybridized carbons (Fsp3) is 0.500. The van der Waals surface area contributed by atoms with Gasteiger partial charge >= 0.3 is 0 Å². The van der Waals surface area contributed by atoms with E-state index < -0.39 is 0 Å². The van der Waals surface area contributed by atoms with Gasteiger partial charge in [0.2, 0.25) is 5.91 Å². The number of pyridine rings is 1. The third kappa shape index (κ3) is 2.93. The first-order valence-electron chi connectivity index (χ1n) is 5.99. The highest BCUT2D eigenvalue weighted by Gasteiger charge is 2.18. The van der Waals surface area contributed by atoms with Gasteiger partial charge in [0.05, 0.1) is 16.4 Å². The van der Waals surface area contributed by atoms with Gasteiger partial charge in [0.25, 0.3) is 0 Å². The number of carbonyl (C=O) groups is 1. The van der Waals surface area contributed by atoms with Gasteiger partial charge in [0, 0.05) is 33.1 Å². The summed E-state index contributed by atoms with van der Waals surface area (Å²) >= 11 is 3.49. The average molecular weight is 313 g/mol. The van der Waals surface area contributed by atoms with Crippen molar-refractivity contribution < 1.29 is 4.79 Å². The summed E-state index contributed by atoms with van der Waals surface area (Å²) in [7, 11) is 0. The highest BCUT2D eigenvalue weighted by Crippen LogP contribution is 2.26. The average Bonchev–Trinajstić information content (AvgIpc) is 2.54. The third-order valence-electron chi connectivity index (χ3n) is 3.08. The van der Waals surface area contributed by atoms with Crippen LogP contribution in [0.4, 0.5) is 11.5 Å². The Morgan fingerprint density at radius 2 is 2.17 bits per heavy atom. The largest absolute Gasteiger partial charge is 0.397 e. The molecule has 0 spiro atoms. The number of rotatable bonds is 1. The Morgan fingerprint density at radius 3 is 2.83 bits per heavy atom. The predicted molar refractivity (Wildman–Crippen MR) is 75.4 cm³/mol. The number of nitrogens with zero attached hydrogens (tertiary/aromatic N) is 3. The van der Waals surface area contributed by atoms with Gasteiger partial charge in [-0.05, 0) is 28.4 Å². The molecule has 98 valence electrons. The lowest BCUT2D eigenvalue weighted by atomic mass is 10.3. The Hall–Kier alpha value is -1.30. The van der Waals surface area contributed by atoms with E-state index in [1.54, 1.807) is 13.1 Å². The molecule has 2 N–H and O–H groups in total. The minimum atomic E-state index is 0.140. The van der Waals surface area contributed by atoms with Crippen molar-refractivity contribution in [3.8, 4) is 0 Å². The molecule has 0 radical (unpaired) electrons. The summed E-state index contributed by atoms with van der Waals surface area (Å²) in [5.74, 6) is 1.04. The first-order valence-corrected chi connectivity index (χ1v) is 6.78. The summed E-state index contributed by atoms with van der Waals surface area (Å²) in [4.78, 5) is 19.8. The van der Waals surface area contributed by atoms with Gasteiger partial charge < -0.3 is 15.5 Å². The molecule has 1 aromatic rings. The van der Waals surface area contributed by atoms with E-state index in [1.165, 1.54) is 0 Å². The van der Waals surface area contributed by atoms with Crippen molar-refractivity contribution in [2.75, 3.05) is 36.8 Å². The molecule has 1 aliphatic heterocycles. The first-order chi connectivity index (χ1) is 8.58. The SMILES string of the molecule is CC(=O)N1CCCN(c2ncc(N)cc2Br)CC1. The molecule has 1 aliphatic rings. The molecule has 6 heteroatoms. The van der Waals surface area contributed by atoms with Gasteiger partial charge in [-0.15, -0.1) is 0 Å². The van der Waals surface area contributed by atoms with Crippen molar-refractivity contribution >= 4 is 33.3 Å². The molecule has 0 aliphatic carbocycles. The van der Waals surface area contributed by atoms with Crippen LogP contribution >= 0.6 is 15.9 Å². The van der Waals surface area contributed by atoms with Crippen molar-refractivity contribution in [2.24, 2.45) is 0 Å². The quantitative estimate of drug-likeness (QED) is 0.853. The van der Waals surface area contributed by atoms with Crippen LogP contribution in [0, 0.1) is 0 Å². The van der Waals surface area contributed by atoms with E-state index in [-0.39, 0.29) is 5.91 Å². The number of halogens is 1. The number of anilines is 2. The van der Waals surface area contributed by atoms with Crippen LogP contribution in [-0.4, -0.2) is 42.0 Å². The fourth-order valence-electron chi connectivity index (χ4n) is 2.12. The normalized spacial score (nSPS) is 16.6. The number of amides is 1. The highest BCUT2D eigenvalue weighted by molar-refractivity contribution is 9.10. The molecule has 1 saturated heterocycles.